The van der Waals surface area contributed by atoms with Gasteiger partial charge >= 0.3 is 12.0 Å². The molecule has 1 fully saturated rings. The van der Waals surface area contributed by atoms with Crippen LogP contribution in [0.5, 0.6) is 0 Å². The fourth-order valence-corrected chi connectivity index (χ4v) is 1.79. The Kier molecular flexibility index (Phi) is 4.54. The number of piperidine rings is 1. The van der Waals surface area contributed by atoms with Crippen LogP contribution in [0.3, 0.4) is 0 Å². The van der Waals surface area contributed by atoms with E-state index in [0.29, 0.717) is 13.1 Å². The van der Waals surface area contributed by atoms with Crippen LogP contribution < -0.4 is 0 Å². The van der Waals surface area contributed by atoms with Gasteiger partial charge in [-0.1, -0.05) is 0 Å². The lowest BCUT2D eigenvalue weighted by Crippen LogP contribution is -2.47. The number of carboxylic acid groups (broad SMARTS) is 1. The predicted molar refractivity (Wildman–Crippen MR) is 57.3 cm³/mol. The Labute approximate surface area is 94.8 Å². The van der Waals surface area contributed by atoms with Crippen molar-refractivity contribution < 1.29 is 19.4 Å². The SMILES string of the molecule is COC1CCN(C(=O)N(C)CC(=O)O)CC1. The topological polar surface area (TPSA) is 70.1 Å². The third-order valence-electron chi connectivity index (χ3n) is 2.74. The molecule has 0 aromatic heterocycles. The van der Waals surface area contributed by atoms with E-state index in [4.69, 9.17) is 9.84 Å². The first-order chi connectivity index (χ1) is 7.54. The second kappa shape index (κ2) is 5.69. The molecule has 1 aliphatic heterocycles. The van der Waals surface area contributed by atoms with Gasteiger partial charge in [0.05, 0.1) is 6.10 Å². The van der Waals surface area contributed by atoms with Crippen LogP contribution in [0.4, 0.5) is 4.79 Å². The van der Waals surface area contributed by atoms with Gasteiger partial charge in [0.1, 0.15) is 6.54 Å². The molecule has 1 rings (SSSR count). The molecule has 1 N–H and O–H groups in total. The molecule has 1 heterocycles. The number of carbonyl (C=O) groups is 2. The van der Waals surface area contributed by atoms with Crippen molar-refractivity contribution in [1.82, 2.24) is 9.80 Å². The maximum Gasteiger partial charge on any atom is 0.323 e. The van der Waals surface area contributed by atoms with E-state index in [0.717, 1.165) is 12.8 Å². The summed E-state index contributed by atoms with van der Waals surface area (Å²) in [6, 6.07) is -0.225. The van der Waals surface area contributed by atoms with Crippen molar-refractivity contribution in [2.45, 2.75) is 18.9 Å². The van der Waals surface area contributed by atoms with Gasteiger partial charge in [-0.15, -0.1) is 0 Å². The van der Waals surface area contributed by atoms with Crippen LogP contribution in [0, 0.1) is 0 Å². The second-order valence-electron chi connectivity index (χ2n) is 3.95. The summed E-state index contributed by atoms with van der Waals surface area (Å²) in [7, 11) is 3.16. The van der Waals surface area contributed by atoms with Crippen LogP contribution in [-0.2, 0) is 9.53 Å². The summed E-state index contributed by atoms with van der Waals surface area (Å²) in [6.45, 7) is 0.992. The Hall–Kier alpha value is -1.30. The van der Waals surface area contributed by atoms with E-state index in [1.54, 1.807) is 12.0 Å². The molecule has 6 heteroatoms. The highest BCUT2D eigenvalue weighted by molar-refractivity contribution is 5.79. The van der Waals surface area contributed by atoms with Gasteiger partial charge in [0.25, 0.3) is 0 Å². The van der Waals surface area contributed by atoms with Crippen LogP contribution in [0.25, 0.3) is 0 Å². The van der Waals surface area contributed by atoms with Gasteiger partial charge in [0, 0.05) is 27.2 Å². The molecule has 0 saturated carbocycles. The summed E-state index contributed by atoms with van der Waals surface area (Å²) in [5, 5.41) is 8.58. The highest BCUT2D eigenvalue weighted by atomic mass is 16.5. The molecule has 0 bridgehead atoms. The van der Waals surface area contributed by atoms with Crippen molar-refractivity contribution in [1.29, 1.82) is 0 Å². The summed E-state index contributed by atoms with van der Waals surface area (Å²) in [5.74, 6) is -0.998. The minimum atomic E-state index is -0.998. The maximum atomic E-state index is 11.8. The smallest absolute Gasteiger partial charge is 0.323 e. The molecular formula is C10H18N2O4. The standard InChI is InChI=1S/C10H18N2O4/c1-11(7-9(13)14)10(15)12-5-3-8(16-2)4-6-12/h8H,3-7H2,1-2H3,(H,13,14). The molecule has 0 unspecified atom stereocenters. The van der Waals surface area contributed by atoms with Crippen molar-refractivity contribution in [3.05, 3.63) is 0 Å². The molecule has 6 nitrogen and oxygen atoms in total. The summed E-state index contributed by atoms with van der Waals surface area (Å²) < 4.78 is 5.20. The molecule has 16 heavy (non-hydrogen) atoms. The lowest BCUT2D eigenvalue weighted by atomic mass is 10.1. The molecule has 2 amide bonds. The summed E-state index contributed by atoms with van der Waals surface area (Å²) in [5.41, 5.74) is 0. The zero-order valence-corrected chi connectivity index (χ0v) is 9.68. The average molecular weight is 230 g/mol. The van der Waals surface area contributed by atoms with Gasteiger partial charge in [-0.05, 0) is 12.8 Å². The highest BCUT2D eigenvalue weighted by Gasteiger charge is 2.25. The Morgan fingerprint density at radius 3 is 2.44 bits per heavy atom. The van der Waals surface area contributed by atoms with Gasteiger partial charge in [0.2, 0.25) is 0 Å². The number of likely N-dealkylation sites (N-methyl/N-ethyl adjacent to an activating group) is 1. The van der Waals surface area contributed by atoms with E-state index in [1.165, 1.54) is 11.9 Å². The monoisotopic (exact) mass is 230 g/mol. The molecule has 0 aromatic carbocycles. The molecule has 92 valence electrons. The Balaban J connectivity index is 2.40. The molecular weight excluding hydrogens is 212 g/mol. The van der Waals surface area contributed by atoms with Crippen LogP contribution in [0.2, 0.25) is 0 Å². The van der Waals surface area contributed by atoms with Gasteiger partial charge in [0.15, 0.2) is 0 Å². The number of ether oxygens (including phenoxy) is 1. The Morgan fingerprint density at radius 1 is 1.44 bits per heavy atom. The number of hydrogen-bond donors (Lipinski definition) is 1. The van der Waals surface area contributed by atoms with Gasteiger partial charge in [-0.25, -0.2) is 4.79 Å². The Morgan fingerprint density at radius 2 is 2.00 bits per heavy atom. The number of likely N-dealkylation sites (tertiary alicyclic amines) is 1. The molecule has 0 spiro atoms. The zero-order chi connectivity index (χ0) is 12.1. The maximum absolute atomic E-state index is 11.8. The van der Waals surface area contributed by atoms with E-state index >= 15 is 0 Å². The number of carbonyl (C=O) groups excluding carboxylic acids is 1. The van der Waals surface area contributed by atoms with Crippen LogP contribution in [0.1, 0.15) is 12.8 Å². The molecule has 0 radical (unpaired) electrons. The zero-order valence-electron chi connectivity index (χ0n) is 9.68. The molecule has 0 aliphatic carbocycles. The number of methoxy groups -OCH3 is 1. The van der Waals surface area contributed by atoms with Crippen molar-refractivity contribution in [2.24, 2.45) is 0 Å². The molecule has 0 aromatic rings. The third-order valence-corrected chi connectivity index (χ3v) is 2.74. The number of rotatable bonds is 3. The van der Waals surface area contributed by atoms with E-state index < -0.39 is 5.97 Å². The number of amides is 2. The fraction of sp³-hybridized carbons (Fsp3) is 0.800. The number of carboxylic acids is 1. The van der Waals surface area contributed by atoms with E-state index in [1.807, 2.05) is 0 Å². The first-order valence-corrected chi connectivity index (χ1v) is 5.29. The van der Waals surface area contributed by atoms with Gasteiger partial charge < -0.3 is 19.6 Å². The van der Waals surface area contributed by atoms with Crippen LogP contribution >= 0.6 is 0 Å². The number of aliphatic carboxylic acids is 1. The average Bonchev–Trinajstić information content (AvgIpc) is 2.27. The van der Waals surface area contributed by atoms with E-state index in [-0.39, 0.29) is 18.7 Å². The quantitative estimate of drug-likeness (QED) is 0.753. The van der Waals surface area contributed by atoms with E-state index in [9.17, 15) is 9.59 Å². The fourth-order valence-electron chi connectivity index (χ4n) is 1.79. The van der Waals surface area contributed by atoms with Crippen molar-refractivity contribution in [3.8, 4) is 0 Å². The van der Waals surface area contributed by atoms with Crippen LogP contribution in [0.15, 0.2) is 0 Å². The largest absolute Gasteiger partial charge is 0.480 e. The van der Waals surface area contributed by atoms with E-state index in [2.05, 4.69) is 0 Å². The van der Waals surface area contributed by atoms with Crippen molar-refractivity contribution >= 4 is 12.0 Å². The van der Waals surface area contributed by atoms with Crippen molar-refractivity contribution in [2.75, 3.05) is 33.8 Å². The highest BCUT2D eigenvalue weighted by Crippen LogP contribution is 2.13. The summed E-state index contributed by atoms with van der Waals surface area (Å²) >= 11 is 0. The lowest BCUT2D eigenvalue weighted by molar-refractivity contribution is -0.137. The lowest BCUT2D eigenvalue weighted by Gasteiger charge is -2.33. The first-order valence-electron chi connectivity index (χ1n) is 5.29. The van der Waals surface area contributed by atoms with Crippen LogP contribution in [-0.4, -0.2) is 66.8 Å². The number of urea groups is 1. The van der Waals surface area contributed by atoms with Gasteiger partial charge in [-0.3, -0.25) is 4.79 Å². The molecule has 0 atom stereocenters. The summed E-state index contributed by atoms with van der Waals surface area (Å²) in [4.78, 5) is 25.1. The minimum absolute atomic E-state index is 0.217. The minimum Gasteiger partial charge on any atom is -0.480 e. The second-order valence-corrected chi connectivity index (χ2v) is 3.95. The Bertz CT molecular complexity index is 262. The number of hydrogen-bond acceptors (Lipinski definition) is 3. The first kappa shape index (κ1) is 12.8. The number of nitrogens with zero attached hydrogens (tertiary/aromatic N) is 2. The summed E-state index contributed by atoms with van der Waals surface area (Å²) in [6.07, 6.45) is 1.83. The molecule has 1 aliphatic rings. The predicted octanol–water partition coefficient (Wildman–Crippen LogP) is 0.234. The van der Waals surface area contributed by atoms with Gasteiger partial charge in [-0.2, -0.15) is 0 Å². The third kappa shape index (κ3) is 3.37. The normalized spacial score (nSPS) is 17.2. The molecule has 1 saturated heterocycles. The van der Waals surface area contributed by atoms with Crippen molar-refractivity contribution in [3.63, 3.8) is 0 Å².